The molecule has 0 saturated carbocycles. The van der Waals surface area contributed by atoms with Gasteiger partial charge in [0.2, 0.25) is 0 Å². The van der Waals surface area contributed by atoms with E-state index in [1.54, 1.807) is 6.08 Å². The number of amides is 1. The maximum absolute atomic E-state index is 12.1. The molecule has 6 nitrogen and oxygen atoms in total. The third-order valence-electron chi connectivity index (χ3n) is 3.94. The number of nitriles is 1. The highest BCUT2D eigenvalue weighted by atomic mass is 16.5. The van der Waals surface area contributed by atoms with Gasteiger partial charge in [-0.2, -0.15) is 5.26 Å². The van der Waals surface area contributed by atoms with Crippen molar-refractivity contribution in [1.82, 2.24) is 10.2 Å². The molecule has 1 saturated heterocycles. The lowest BCUT2D eigenvalue weighted by Crippen LogP contribution is -2.41. The molecule has 140 valence electrons. The summed E-state index contributed by atoms with van der Waals surface area (Å²) in [6.45, 7) is 11.1. The molecule has 2 rings (SSSR count). The van der Waals surface area contributed by atoms with Crippen molar-refractivity contribution in [2.75, 3.05) is 44.7 Å². The molecule has 0 bridgehead atoms. The molecule has 1 aliphatic rings. The van der Waals surface area contributed by atoms with Crippen LogP contribution in [-0.2, 0) is 9.53 Å². The molecule has 0 aliphatic carbocycles. The zero-order chi connectivity index (χ0) is 19.0. The summed E-state index contributed by atoms with van der Waals surface area (Å²) >= 11 is 0. The van der Waals surface area contributed by atoms with Crippen molar-refractivity contribution >= 4 is 17.7 Å². The molecule has 6 heteroatoms. The normalized spacial score (nSPS) is 16.0. The van der Waals surface area contributed by atoms with E-state index in [9.17, 15) is 10.1 Å². The van der Waals surface area contributed by atoms with Crippen molar-refractivity contribution < 1.29 is 9.53 Å². The second kappa shape index (κ2) is 9.37. The van der Waals surface area contributed by atoms with Crippen LogP contribution in [-0.4, -0.2) is 55.7 Å². The van der Waals surface area contributed by atoms with E-state index in [0.29, 0.717) is 0 Å². The number of nitrogens with one attached hydrogen (secondary N) is 2. The Bertz CT molecular complexity index is 663. The lowest BCUT2D eigenvalue weighted by Gasteiger charge is -2.26. The van der Waals surface area contributed by atoms with Crippen LogP contribution < -0.4 is 10.6 Å². The summed E-state index contributed by atoms with van der Waals surface area (Å²) in [6.07, 6.45) is 1.61. The van der Waals surface area contributed by atoms with Crippen LogP contribution in [0.1, 0.15) is 26.3 Å². The quantitative estimate of drug-likeness (QED) is 0.604. The lowest BCUT2D eigenvalue weighted by atomic mass is 10.1. The minimum atomic E-state index is -0.374. The maximum atomic E-state index is 12.1. The summed E-state index contributed by atoms with van der Waals surface area (Å²) in [5, 5.41) is 15.4. The third kappa shape index (κ3) is 6.87. The Morgan fingerprint density at radius 1 is 1.27 bits per heavy atom. The summed E-state index contributed by atoms with van der Waals surface area (Å²) in [6, 6.07) is 9.70. The topological polar surface area (TPSA) is 77.4 Å². The predicted octanol–water partition coefficient (Wildman–Crippen LogP) is 2.25. The van der Waals surface area contributed by atoms with Crippen LogP contribution in [0.5, 0.6) is 0 Å². The van der Waals surface area contributed by atoms with E-state index in [1.807, 2.05) is 51.1 Å². The van der Waals surface area contributed by atoms with Gasteiger partial charge in [-0.3, -0.25) is 9.69 Å². The van der Waals surface area contributed by atoms with Crippen LogP contribution in [0.4, 0.5) is 5.69 Å². The molecule has 0 unspecified atom stereocenters. The van der Waals surface area contributed by atoms with Crippen LogP contribution >= 0.6 is 0 Å². The first-order valence-corrected chi connectivity index (χ1v) is 8.96. The number of carbonyl (C=O) groups excluding carboxylic acids is 1. The summed E-state index contributed by atoms with van der Waals surface area (Å²) in [5.41, 5.74) is 1.58. The van der Waals surface area contributed by atoms with Crippen LogP contribution in [0.25, 0.3) is 6.08 Å². The number of morpholine rings is 1. The molecule has 0 radical (unpaired) electrons. The molecule has 1 aliphatic heterocycles. The minimum absolute atomic E-state index is 0.105. The van der Waals surface area contributed by atoms with Gasteiger partial charge in [-0.15, -0.1) is 0 Å². The fraction of sp³-hybridized carbons (Fsp3) is 0.500. The van der Waals surface area contributed by atoms with Gasteiger partial charge >= 0.3 is 0 Å². The summed E-state index contributed by atoms with van der Waals surface area (Å²) in [4.78, 5) is 14.5. The Hall–Kier alpha value is -2.36. The molecule has 0 atom stereocenters. The van der Waals surface area contributed by atoms with Gasteiger partial charge in [-0.25, -0.2) is 0 Å². The number of ether oxygens (including phenoxy) is 1. The van der Waals surface area contributed by atoms with Crippen molar-refractivity contribution in [2.45, 2.75) is 26.3 Å². The smallest absolute Gasteiger partial charge is 0.262 e. The highest BCUT2D eigenvalue weighted by molar-refractivity contribution is 6.02. The average molecular weight is 356 g/mol. The molecule has 1 fully saturated rings. The van der Waals surface area contributed by atoms with Crippen molar-refractivity contribution in [2.24, 2.45) is 0 Å². The average Bonchev–Trinajstić information content (AvgIpc) is 2.60. The fourth-order valence-electron chi connectivity index (χ4n) is 2.60. The van der Waals surface area contributed by atoms with Crippen molar-refractivity contribution in [3.05, 3.63) is 35.4 Å². The second-order valence-electron chi connectivity index (χ2n) is 7.38. The molecule has 0 spiro atoms. The molecule has 2 N–H and O–H groups in total. The predicted molar refractivity (Wildman–Crippen MR) is 104 cm³/mol. The second-order valence-corrected chi connectivity index (χ2v) is 7.38. The van der Waals surface area contributed by atoms with Crippen LogP contribution in [0.15, 0.2) is 29.8 Å². The van der Waals surface area contributed by atoms with E-state index >= 15 is 0 Å². The highest BCUT2D eigenvalue weighted by Crippen LogP contribution is 2.13. The highest BCUT2D eigenvalue weighted by Gasteiger charge is 2.17. The first-order chi connectivity index (χ1) is 12.4. The standard InChI is InChI=1S/C20H28N4O2/c1-20(2,3)23-19(25)17(15-21)14-16-4-6-18(7-5-16)22-8-9-24-10-12-26-13-11-24/h4-7,14,22H,8-13H2,1-3H3,(H,23,25)/b17-14+. The van der Waals surface area contributed by atoms with Gasteiger partial charge < -0.3 is 15.4 Å². The number of hydrogen-bond donors (Lipinski definition) is 2. The monoisotopic (exact) mass is 356 g/mol. The van der Waals surface area contributed by atoms with E-state index in [1.165, 1.54) is 0 Å². The lowest BCUT2D eigenvalue weighted by molar-refractivity contribution is -0.118. The number of carbonyl (C=O) groups is 1. The molecule has 1 aromatic rings. The molecule has 1 aromatic carbocycles. The van der Waals surface area contributed by atoms with Crippen LogP contribution in [0.3, 0.4) is 0 Å². The SMILES string of the molecule is CC(C)(C)NC(=O)/C(C#N)=C/c1ccc(NCCN2CCOCC2)cc1. The Morgan fingerprint density at radius 3 is 2.50 bits per heavy atom. The Balaban J connectivity index is 1.89. The fourth-order valence-corrected chi connectivity index (χ4v) is 2.60. The van der Waals surface area contributed by atoms with Gasteiger partial charge in [0.15, 0.2) is 0 Å². The number of hydrogen-bond acceptors (Lipinski definition) is 5. The van der Waals surface area contributed by atoms with Gasteiger partial charge in [-0.1, -0.05) is 12.1 Å². The van der Waals surface area contributed by atoms with Crippen molar-refractivity contribution in [1.29, 1.82) is 5.26 Å². The molecule has 1 heterocycles. The van der Waals surface area contributed by atoms with Crippen LogP contribution in [0.2, 0.25) is 0 Å². The van der Waals surface area contributed by atoms with Gasteiger partial charge in [0.25, 0.3) is 5.91 Å². The van der Waals surface area contributed by atoms with Gasteiger partial charge in [0, 0.05) is 37.4 Å². The summed E-state index contributed by atoms with van der Waals surface area (Å²) in [5.74, 6) is -0.354. The van der Waals surface area contributed by atoms with E-state index in [4.69, 9.17) is 4.74 Å². The Kier molecular flexibility index (Phi) is 7.19. The number of benzene rings is 1. The van der Waals surface area contributed by atoms with Gasteiger partial charge in [-0.05, 0) is 44.5 Å². The van der Waals surface area contributed by atoms with E-state index in [2.05, 4.69) is 15.5 Å². The first kappa shape index (κ1) is 20.0. The number of nitrogens with zero attached hydrogens (tertiary/aromatic N) is 2. The van der Waals surface area contributed by atoms with Gasteiger partial charge in [0.1, 0.15) is 11.6 Å². The molecular formula is C20H28N4O2. The summed E-state index contributed by atoms with van der Waals surface area (Å²) < 4.78 is 5.34. The first-order valence-electron chi connectivity index (χ1n) is 8.96. The van der Waals surface area contributed by atoms with Crippen molar-refractivity contribution in [3.8, 4) is 6.07 Å². The van der Waals surface area contributed by atoms with Crippen LogP contribution in [0, 0.1) is 11.3 Å². The Morgan fingerprint density at radius 2 is 1.92 bits per heavy atom. The summed E-state index contributed by atoms with van der Waals surface area (Å²) in [7, 11) is 0. The van der Waals surface area contributed by atoms with E-state index in [-0.39, 0.29) is 17.0 Å². The zero-order valence-electron chi connectivity index (χ0n) is 15.8. The molecule has 26 heavy (non-hydrogen) atoms. The third-order valence-corrected chi connectivity index (χ3v) is 3.94. The zero-order valence-corrected chi connectivity index (χ0v) is 15.8. The maximum Gasteiger partial charge on any atom is 0.262 e. The Labute approximate surface area is 155 Å². The van der Waals surface area contributed by atoms with E-state index in [0.717, 1.165) is 50.6 Å². The molecule has 1 amide bonds. The molecular weight excluding hydrogens is 328 g/mol. The van der Waals surface area contributed by atoms with E-state index < -0.39 is 0 Å². The number of rotatable bonds is 6. The number of anilines is 1. The minimum Gasteiger partial charge on any atom is -0.384 e. The largest absolute Gasteiger partial charge is 0.384 e. The molecule has 0 aromatic heterocycles. The van der Waals surface area contributed by atoms with Gasteiger partial charge in [0.05, 0.1) is 13.2 Å². The van der Waals surface area contributed by atoms with Crippen molar-refractivity contribution in [3.63, 3.8) is 0 Å².